The fourth-order valence-electron chi connectivity index (χ4n) is 2.45. The number of aliphatic hydroxyl groups is 1. The van der Waals surface area contributed by atoms with Crippen molar-refractivity contribution >= 4 is 44.0 Å². The monoisotopic (exact) mass is 451 g/mol. The summed E-state index contributed by atoms with van der Waals surface area (Å²) in [5.74, 6) is -0.322. The van der Waals surface area contributed by atoms with Crippen LogP contribution in [0, 0.1) is 0 Å². The van der Waals surface area contributed by atoms with Crippen LogP contribution in [0.1, 0.15) is 17.4 Å². The van der Waals surface area contributed by atoms with Crippen molar-refractivity contribution in [2.24, 2.45) is 0 Å². The maximum absolute atomic E-state index is 12.4. The minimum absolute atomic E-state index is 0.0271. The van der Waals surface area contributed by atoms with Gasteiger partial charge in [0.25, 0.3) is 10.0 Å². The Morgan fingerprint density at radius 1 is 1.14 bits per heavy atom. The number of nitrogens with zero attached hydrogens (tertiary/aromatic N) is 1. The number of hydrogen-bond donors (Lipinski definition) is 3. The third-order valence-electron chi connectivity index (χ3n) is 3.92. The van der Waals surface area contributed by atoms with E-state index in [9.17, 15) is 18.3 Å². The third-order valence-corrected chi connectivity index (χ3v) is 6.46. The molecule has 0 fully saturated rings. The summed E-state index contributed by atoms with van der Waals surface area (Å²) in [6.07, 6.45) is -0.835. The Labute approximate surface area is 177 Å². The lowest BCUT2D eigenvalue weighted by atomic mass is 10.1. The average molecular weight is 452 g/mol. The zero-order valence-corrected chi connectivity index (χ0v) is 17.5. The molecule has 1 atom stereocenters. The molecule has 3 rings (SSSR count). The lowest BCUT2D eigenvalue weighted by Gasteiger charge is -2.11. The summed E-state index contributed by atoms with van der Waals surface area (Å²) < 4.78 is 27.1. The van der Waals surface area contributed by atoms with Gasteiger partial charge in [0.1, 0.15) is 0 Å². The third kappa shape index (κ3) is 6.01. The van der Waals surface area contributed by atoms with Crippen molar-refractivity contribution in [3.05, 3.63) is 76.3 Å². The van der Waals surface area contributed by atoms with Crippen LogP contribution in [0.2, 0.25) is 5.02 Å². The Balaban J connectivity index is 1.54. The number of sulfonamides is 1. The van der Waals surface area contributed by atoms with E-state index in [4.69, 9.17) is 11.6 Å². The van der Waals surface area contributed by atoms with E-state index >= 15 is 0 Å². The zero-order valence-electron chi connectivity index (χ0n) is 15.1. The molecule has 0 spiro atoms. The van der Waals surface area contributed by atoms with Gasteiger partial charge in [-0.1, -0.05) is 41.9 Å². The zero-order chi connectivity index (χ0) is 20.9. The first kappa shape index (κ1) is 21.3. The summed E-state index contributed by atoms with van der Waals surface area (Å²) in [4.78, 5) is 16.3. The number of aliphatic hydroxyl groups excluding tert-OH is 1. The standard InChI is InChI=1S/C19H18ClN3O4S2/c20-14-6-8-16(9-7-14)29(26,27)23-19-22-15(12-28-19)10-18(25)21-11-17(24)13-4-2-1-3-5-13/h1-9,12,17,24H,10-11H2,(H,21,25)(H,22,23)/t17-/m1/s1. The minimum Gasteiger partial charge on any atom is -0.387 e. The number of halogens is 1. The Morgan fingerprint density at radius 3 is 2.52 bits per heavy atom. The minimum atomic E-state index is -3.79. The lowest BCUT2D eigenvalue weighted by molar-refractivity contribution is -0.120. The van der Waals surface area contributed by atoms with E-state index in [0.717, 1.165) is 11.3 Å². The van der Waals surface area contributed by atoms with Gasteiger partial charge in [-0.25, -0.2) is 13.4 Å². The molecule has 10 heteroatoms. The van der Waals surface area contributed by atoms with Crippen LogP contribution in [0.15, 0.2) is 64.9 Å². The van der Waals surface area contributed by atoms with E-state index in [1.165, 1.54) is 24.3 Å². The summed E-state index contributed by atoms with van der Waals surface area (Å²) in [5.41, 5.74) is 1.14. The number of thiazole rings is 1. The molecule has 2 aromatic carbocycles. The van der Waals surface area contributed by atoms with E-state index in [-0.39, 0.29) is 28.9 Å². The van der Waals surface area contributed by atoms with Gasteiger partial charge < -0.3 is 10.4 Å². The molecule has 29 heavy (non-hydrogen) atoms. The molecule has 152 valence electrons. The van der Waals surface area contributed by atoms with Crippen molar-refractivity contribution in [3.63, 3.8) is 0 Å². The fraction of sp³-hybridized carbons (Fsp3) is 0.158. The van der Waals surface area contributed by atoms with Gasteiger partial charge in [-0.05, 0) is 29.8 Å². The van der Waals surface area contributed by atoms with Gasteiger partial charge in [-0.2, -0.15) is 0 Å². The SMILES string of the molecule is O=C(Cc1csc(NS(=O)(=O)c2ccc(Cl)cc2)n1)NC[C@@H](O)c1ccccc1. The summed E-state index contributed by atoms with van der Waals surface area (Å²) >= 11 is 6.86. The highest BCUT2D eigenvalue weighted by Crippen LogP contribution is 2.21. The van der Waals surface area contributed by atoms with Gasteiger partial charge >= 0.3 is 0 Å². The van der Waals surface area contributed by atoms with Crippen LogP contribution in [0.5, 0.6) is 0 Å². The number of nitrogens with one attached hydrogen (secondary N) is 2. The molecule has 0 aliphatic heterocycles. The molecule has 3 N–H and O–H groups in total. The van der Waals surface area contributed by atoms with E-state index in [1.807, 2.05) is 18.2 Å². The van der Waals surface area contributed by atoms with Crippen molar-refractivity contribution in [2.75, 3.05) is 11.3 Å². The fourth-order valence-corrected chi connectivity index (χ4v) is 4.54. The summed E-state index contributed by atoms with van der Waals surface area (Å²) in [6, 6.07) is 14.8. The van der Waals surface area contributed by atoms with E-state index < -0.39 is 16.1 Å². The normalized spacial score (nSPS) is 12.3. The van der Waals surface area contributed by atoms with Gasteiger partial charge in [0.15, 0.2) is 5.13 Å². The number of hydrogen-bond acceptors (Lipinski definition) is 6. The first-order chi connectivity index (χ1) is 13.8. The highest BCUT2D eigenvalue weighted by atomic mass is 35.5. The topological polar surface area (TPSA) is 108 Å². The Kier molecular flexibility index (Phi) is 6.86. The van der Waals surface area contributed by atoms with E-state index in [1.54, 1.807) is 17.5 Å². The lowest BCUT2D eigenvalue weighted by Crippen LogP contribution is -2.29. The van der Waals surface area contributed by atoms with Gasteiger partial charge in [0.05, 0.1) is 23.1 Å². The molecule has 7 nitrogen and oxygen atoms in total. The number of amides is 1. The van der Waals surface area contributed by atoms with Crippen LogP contribution in [0.25, 0.3) is 0 Å². The Bertz CT molecular complexity index is 1070. The second kappa shape index (κ2) is 9.36. The number of rotatable bonds is 8. The molecule has 0 saturated carbocycles. The maximum Gasteiger partial charge on any atom is 0.263 e. The Hall–Kier alpha value is -2.46. The van der Waals surface area contributed by atoms with Crippen LogP contribution >= 0.6 is 22.9 Å². The quantitative estimate of drug-likeness (QED) is 0.488. The summed E-state index contributed by atoms with van der Waals surface area (Å²) in [6.45, 7) is 0.0725. The molecular formula is C19H18ClN3O4S2. The van der Waals surface area contributed by atoms with Crippen molar-refractivity contribution in [2.45, 2.75) is 17.4 Å². The van der Waals surface area contributed by atoms with Gasteiger partial charge in [-0.15, -0.1) is 11.3 Å². The molecule has 0 aliphatic rings. The highest BCUT2D eigenvalue weighted by molar-refractivity contribution is 7.93. The molecule has 0 aliphatic carbocycles. The Morgan fingerprint density at radius 2 is 1.83 bits per heavy atom. The highest BCUT2D eigenvalue weighted by Gasteiger charge is 2.17. The molecule has 1 aromatic heterocycles. The van der Waals surface area contributed by atoms with Gasteiger partial charge in [-0.3, -0.25) is 9.52 Å². The second-order valence-corrected chi connectivity index (χ2v) is 9.09. The van der Waals surface area contributed by atoms with Gasteiger partial charge in [0, 0.05) is 16.9 Å². The predicted octanol–water partition coefficient (Wildman–Crippen LogP) is 2.99. The molecule has 1 amide bonds. The predicted molar refractivity (Wildman–Crippen MR) is 112 cm³/mol. The first-order valence-electron chi connectivity index (χ1n) is 8.56. The van der Waals surface area contributed by atoms with Crippen LogP contribution in [0.4, 0.5) is 5.13 Å². The molecular weight excluding hydrogens is 434 g/mol. The maximum atomic E-state index is 12.4. The van der Waals surface area contributed by atoms with Gasteiger partial charge in [0.2, 0.25) is 5.91 Å². The van der Waals surface area contributed by atoms with Crippen molar-refractivity contribution < 1.29 is 18.3 Å². The molecule has 0 radical (unpaired) electrons. The molecule has 0 saturated heterocycles. The van der Waals surface area contributed by atoms with Crippen LogP contribution in [0.3, 0.4) is 0 Å². The average Bonchev–Trinajstić information content (AvgIpc) is 3.13. The number of benzene rings is 2. The van der Waals surface area contributed by atoms with Crippen LogP contribution in [-0.2, 0) is 21.2 Å². The van der Waals surface area contributed by atoms with E-state index in [2.05, 4.69) is 15.0 Å². The number of carbonyl (C=O) groups excluding carboxylic acids is 1. The smallest absolute Gasteiger partial charge is 0.263 e. The molecule has 0 unspecified atom stereocenters. The van der Waals surface area contributed by atoms with E-state index in [0.29, 0.717) is 16.3 Å². The van der Waals surface area contributed by atoms with Crippen molar-refractivity contribution in [3.8, 4) is 0 Å². The van der Waals surface area contributed by atoms with Crippen molar-refractivity contribution in [1.29, 1.82) is 0 Å². The number of carbonyl (C=O) groups is 1. The number of aromatic nitrogens is 1. The summed E-state index contributed by atoms with van der Waals surface area (Å²) in [7, 11) is -3.79. The first-order valence-corrected chi connectivity index (χ1v) is 11.3. The largest absolute Gasteiger partial charge is 0.387 e. The summed E-state index contributed by atoms with van der Waals surface area (Å²) in [5, 5.41) is 14.9. The molecule has 3 aromatic rings. The van der Waals surface area contributed by atoms with Crippen LogP contribution in [-0.4, -0.2) is 31.0 Å². The van der Waals surface area contributed by atoms with Crippen LogP contribution < -0.4 is 10.0 Å². The molecule has 0 bridgehead atoms. The molecule has 1 heterocycles. The van der Waals surface area contributed by atoms with Crippen molar-refractivity contribution in [1.82, 2.24) is 10.3 Å². The number of anilines is 1. The second-order valence-electron chi connectivity index (χ2n) is 6.11.